The van der Waals surface area contributed by atoms with Crippen molar-refractivity contribution in [1.82, 2.24) is 13.7 Å². The maximum atomic E-state index is 13.3. The molecule has 12 nitrogen and oxygen atoms in total. The summed E-state index contributed by atoms with van der Waals surface area (Å²) in [6, 6.07) is 5.48. The number of allylic oxidation sites excluding steroid dienone is 1. The molecule has 0 amide bonds. The third-order valence-electron chi connectivity index (χ3n) is 8.68. The molecular formula is C32H47N3O9. The minimum Gasteiger partial charge on any atom is -0.459 e. The molecule has 2 unspecified atom stereocenters. The van der Waals surface area contributed by atoms with E-state index in [1.807, 2.05) is 13.8 Å². The average Bonchev–Trinajstić information content (AvgIpc) is 3.02. The van der Waals surface area contributed by atoms with E-state index >= 15 is 0 Å². The first-order valence-electron chi connectivity index (χ1n) is 15.1. The van der Waals surface area contributed by atoms with Gasteiger partial charge in [0.1, 0.15) is 19.3 Å². The second kappa shape index (κ2) is 15.8. The molecule has 1 aromatic carbocycles. The molecule has 0 aliphatic carbocycles. The van der Waals surface area contributed by atoms with Gasteiger partial charge in [-0.25, -0.2) is 37.7 Å². The first kappa shape index (κ1) is 36.4. The van der Waals surface area contributed by atoms with E-state index in [1.54, 1.807) is 6.92 Å². The molecule has 44 heavy (non-hydrogen) atoms. The number of aliphatic hydroxyl groups excluding tert-OH is 2. The van der Waals surface area contributed by atoms with Gasteiger partial charge >= 0.3 is 29.0 Å². The van der Waals surface area contributed by atoms with Crippen molar-refractivity contribution in [3.05, 3.63) is 79.5 Å². The Balaban J connectivity index is 2.09. The number of hydrogen-bond acceptors (Lipinski definition) is 9. The number of rotatable bonds is 17. The van der Waals surface area contributed by atoms with Crippen LogP contribution in [0.1, 0.15) is 94.4 Å². The van der Waals surface area contributed by atoms with Crippen molar-refractivity contribution in [1.29, 1.82) is 0 Å². The molecule has 1 aromatic heterocycles. The zero-order valence-electron chi connectivity index (χ0n) is 26.7. The van der Waals surface area contributed by atoms with Gasteiger partial charge in [0.15, 0.2) is 0 Å². The van der Waals surface area contributed by atoms with Crippen molar-refractivity contribution in [2.75, 3.05) is 13.2 Å². The molecule has 2 atom stereocenters. The lowest BCUT2D eigenvalue weighted by molar-refractivity contribution is 0.0109. The fourth-order valence-corrected chi connectivity index (χ4v) is 4.78. The van der Waals surface area contributed by atoms with Gasteiger partial charge < -0.3 is 19.7 Å². The van der Waals surface area contributed by atoms with Crippen LogP contribution in [-0.2, 0) is 28.1 Å². The largest absolute Gasteiger partial charge is 0.459 e. The number of carbonyl (C=O) groups is 2. The number of benzene rings is 1. The Labute approximate surface area is 257 Å². The van der Waals surface area contributed by atoms with Gasteiger partial charge in [0, 0.05) is 0 Å². The first-order chi connectivity index (χ1) is 20.7. The summed E-state index contributed by atoms with van der Waals surface area (Å²) in [6.45, 7) is 13.8. The average molecular weight is 618 g/mol. The summed E-state index contributed by atoms with van der Waals surface area (Å²) in [7, 11) is 0. The Kier molecular flexibility index (Phi) is 13.1. The molecule has 2 rings (SSSR count). The second-order valence-electron chi connectivity index (χ2n) is 11.7. The van der Waals surface area contributed by atoms with Gasteiger partial charge in [0.05, 0.1) is 35.9 Å². The zero-order valence-corrected chi connectivity index (χ0v) is 26.7. The van der Waals surface area contributed by atoms with E-state index in [0.29, 0.717) is 19.3 Å². The van der Waals surface area contributed by atoms with Crippen LogP contribution in [0.4, 0.5) is 0 Å². The van der Waals surface area contributed by atoms with Gasteiger partial charge in [0.25, 0.3) is 0 Å². The third kappa shape index (κ3) is 8.66. The van der Waals surface area contributed by atoms with Gasteiger partial charge in [-0.2, -0.15) is 0 Å². The molecular weight excluding hydrogens is 570 g/mol. The van der Waals surface area contributed by atoms with E-state index in [0.717, 1.165) is 26.5 Å². The van der Waals surface area contributed by atoms with E-state index in [4.69, 9.17) is 9.47 Å². The molecule has 1 heterocycles. The lowest BCUT2D eigenvalue weighted by Crippen LogP contribution is -2.60. The van der Waals surface area contributed by atoms with Crippen LogP contribution in [0.3, 0.4) is 0 Å². The minimum absolute atomic E-state index is 0.0446. The maximum absolute atomic E-state index is 13.3. The van der Waals surface area contributed by atoms with E-state index in [9.17, 15) is 34.2 Å². The van der Waals surface area contributed by atoms with Gasteiger partial charge in [-0.15, -0.1) is 6.58 Å². The highest BCUT2D eigenvalue weighted by Crippen LogP contribution is 2.31. The van der Waals surface area contributed by atoms with Crippen molar-refractivity contribution in [3.63, 3.8) is 0 Å². The standard InChI is InChI=1S/C32H47N3O9/c1-8-17-33-28(40)34(30(42)35(29(33)41)32(7,11-4)12-5)19-25(37)21-44-27(39)23-15-13-22(14-16-23)26(38)43-20-24(36)18-31(6,9-2)10-3/h8,13-16,24-25,36-37H,1,9-12,17-21H2,2-7H3. The molecule has 2 N–H and O–H groups in total. The number of carbonyl (C=O) groups excluding carboxylic acids is 2. The number of hydrogen-bond donors (Lipinski definition) is 2. The topological polar surface area (TPSA) is 159 Å². The monoisotopic (exact) mass is 617 g/mol. The Morgan fingerprint density at radius 1 is 0.795 bits per heavy atom. The maximum Gasteiger partial charge on any atom is 0.338 e. The summed E-state index contributed by atoms with van der Waals surface area (Å²) in [4.78, 5) is 64.4. The highest BCUT2D eigenvalue weighted by atomic mass is 16.5. The summed E-state index contributed by atoms with van der Waals surface area (Å²) in [5.74, 6) is -1.45. The SMILES string of the molecule is C=CCn1c(=O)n(CC(O)COC(=O)c2ccc(C(=O)OCC(O)CC(C)(CC)CC)cc2)c(=O)n(C(C)(CC)CC)c1=O. The summed E-state index contributed by atoms with van der Waals surface area (Å²) < 4.78 is 13.1. The third-order valence-corrected chi connectivity index (χ3v) is 8.68. The Bertz CT molecular complexity index is 1460. The highest BCUT2D eigenvalue weighted by Gasteiger charge is 2.30. The van der Waals surface area contributed by atoms with Crippen molar-refractivity contribution >= 4 is 11.9 Å². The number of nitrogens with zero attached hydrogens (tertiary/aromatic N) is 3. The fraction of sp³-hybridized carbons (Fsp3) is 0.594. The van der Waals surface area contributed by atoms with Gasteiger partial charge in [0.2, 0.25) is 0 Å². The Hall–Kier alpha value is -3.77. The highest BCUT2D eigenvalue weighted by molar-refractivity contribution is 5.93. The predicted octanol–water partition coefficient (Wildman–Crippen LogP) is 2.84. The second-order valence-corrected chi connectivity index (χ2v) is 11.7. The van der Waals surface area contributed by atoms with Gasteiger partial charge in [-0.3, -0.25) is 0 Å². The van der Waals surface area contributed by atoms with Crippen molar-refractivity contribution < 1.29 is 29.3 Å². The smallest absolute Gasteiger partial charge is 0.338 e. The fourth-order valence-electron chi connectivity index (χ4n) is 4.78. The van der Waals surface area contributed by atoms with E-state index < -0.39 is 59.9 Å². The number of aliphatic hydroxyl groups is 2. The number of ether oxygens (including phenoxy) is 2. The number of aromatic nitrogens is 3. The predicted molar refractivity (Wildman–Crippen MR) is 166 cm³/mol. The quantitative estimate of drug-likeness (QED) is 0.201. The van der Waals surface area contributed by atoms with E-state index in [-0.39, 0.29) is 29.7 Å². The normalized spacial score (nSPS) is 13.3. The van der Waals surface area contributed by atoms with E-state index in [2.05, 4.69) is 27.4 Å². The molecule has 0 aliphatic heterocycles. The van der Waals surface area contributed by atoms with Crippen LogP contribution in [-0.4, -0.2) is 61.3 Å². The Morgan fingerprint density at radius 3 is 1.68 bits per heavy atom. The van der Waals surface area contributed by atoms with Gasteiger partial charge in [-0.1, -0.05) is 53.5 Å². The molecule has 0 radical (unpaired) electrons. The van der Waals surface area contributed by atoms with Gasteiger partial charge in [-0.05, 0) is 55.9 Å². The molecule has 2 aromatic rings. The van der Waals surface area contributed by atoms with Crippen LogP contribution >= 0.6 is 0 Å². The van der Waals surface area contributed by atoms with Crippen LogP contribution in [0.5, 0.6) is 0 Å². The Morgan fingerprint density at radius 2 is 1.25 bits per heavy atom. The van der Waals surface area contributed by atoms with Crippen molar-refractivity contribution in [2.45, 2.75) is 104 Å². The molecule has 244 valence electrons. The minimum atomic E-state index is -1.44. The molecule has 0 saturated heterocycles. The van der Waals surface area contributed by atoms with Crippen LogP contribution < -0.4 is 17.1 Å². The molecule has 0 fully saturated rings. The summed E-state index contributed by atoms with van der Waals surface area (Å²) in [5.41, 5.74) is -3.17. The first-order valence-corrected chi connectivity index (χ1v) is 15.1. The van der Waals surface area contributed by atoms with Crippen LogP contribution in [0.2, 0.25) is 0 Å². The molecule has 12 heteroatoms. The van der Waals surface area contributed by atoms with Crippen molar-refractivity contribution in [2.24, 2.45) is 5.41 Å². The van der Waals surface area contributed by atoms with E-state index in [1.165, 1.54) is 30.3 Å². The van der Waals surface area contributed by atoms with Crippen LogP contribution in [0.15, 0.2) is 51.3 Å². The lowest BCUT2D eigenvalue weighted by atomic mass is 9.80. The zero-order chi connectivity index (χ0) is 33.2. The lowest BCUT2D eigenvalue weighted by Gasteiger charge is -2.29. The summed E-state index contributed by atoms with van der Waals surface area (Å²) in [5, 5.41) is 20.9. The van der Waals surface area contributed by atoms with Crippen molar-refractivity contribution in [3.8, 4) is 0 Å². The number of esters is 2. The summed E-state index contributed by atoms with van der Waals surface area (Å²) >= 11 is 0. The molecule has 0 bridgehead atoms. The molecule has 0 spiro atoms. The van der Waals surface area contributed by atoms with Crippen LogP contribution in [0, 0.1) is 5.41 Å². The summed E-state index contributed by atoms with van der Waals surface area (Å²) in [6.07, 6.45) is 2.30. The molecule has 0 aliphatic rings. The van der Waals surface area contributed by atoms with Crippen LogP contribution in [0.25, 0.3) is 0 Å². The molecule has 0 saturated carbocycles.